The van der Waals surface area contributed by atoms with Crippen LogP contribution in [0, 0.1) is 0 Å². The summed E-state index contributed by atoms with van der Waals surface area (Å²) in [6, 6.07) is 9.93. The van der Waals surface area contributed by atoms with Crippen molar-refractivity contribution in [3.05, 3.63) is 35.9 Å². The van der Waals surface area contributed by atoms with E-state index in [1.807, 2.05) is 30.3 Å². The van der Waals surface area contributed by atoms with Gasteiger partial charge >= 0.3 is 0 Å². The number of hydrogen-bond acceptors (Lipinski definition) is 3. The molecule has 3 heteroatoms. The maximum atomic E-state index is 10.6. The predicted octanol–water partition coefficient (Wildman–Crippen LogP) is 1.95. The lowest BCUT2D eigenvalue weighted by atomic mass is 9.84. The lowest BCUT2D eigenvalue weighted by Crippen LogP contribution is -2.42. The molecule has 0 aromatic heterocycles. The SMILES string of the molecule is O=CCCCN1CCC(O)(c2ccccc2)CC1. The third-order valence-electron chi connectivity index (χ3n) is 3.79. The number of aliphatic hydroxyl groups is 1. The molecule has 98 valence electrons. The molecular weight excluding hydrogens is 226 g/mol. The highest BCUT2D eigenvalue weighted by atomic mass is 16.3. The zero-order chi connectivity index (χ0) is 12.8. The Morgan fingerprint density at radius 2 is 1.89 bits per heavy atom. The number of unbranched alkanes of at least 4 members (excludes halogenated alkanes) is 1. The van der Waals surface area contributed by atoms with E-state index in [1.54, 1.807) is 0 Å². The van der Waals surface area contributed by atoms with Crippen LogP contribution >= 0.6 is 0 Å². The minimum atomic E-state index is -0.664. The van der Waals surface area contributed by atoms with Crippen molar-refractivity contribution in [3.8, 4) is 0 Å². The summed E-state index contributed by atoms with van der Waals surface area (Å²) in [5.74, 6) is 0. The molecule has 0 spiro atoms. The molecule has 0 radical (unpaired) electrons. The summed E-state index contributed by atoms with van der Waals surface area (Å²) < 4.78 is 0. The number of carbonyl (C=O) groups excluding carboxylic acids is 1. The fraction of sp³-hybridized carbons (Fsp3) is 0.533. The van der Waals surface area contributed by atoms with E-state index < -0.39 is 5.60 Å². The lowest BCUT2D eigenvalue weighted by Gasteiger charge is -2.38. The van der Waals surface area contributed by atoms with E-state index in [1.165, 1.54) is 0 Å². The van der Waals surface area contributed by atoms with Crippen LogP contribution in [0.25, 0.3) is 0 Å². The number of piperidine rings is 1. The molecule has 1 N–H and O–H groups in total. The Morgan fingerprint density at radius 1 is 1.22 bits per heavy atom. The quantitative estimate of drug-likeness (QED) is 0.638. The molecule has 2 rings (SSSR count). The first-order valence-electron chi connectivity index (χ1n) is 6.68. The number of likely N-dealkylation sites (tertiary alicyclic amines) is 1. The first-order valence-corrected chi connectivity index (χ1v) is 6.68. The number of hydrogen-bond donors (Lipinski definition) is 1. The van der Waals surface area contributed by atoms with Gasteiger partial charge in [-0.25, -0.2) is 0 Å². The van der Waals surface area contributed by atoms with Crippen LogP contribution in [0.4, 0.5) is 0 Å². The van der Waals surface area contributed by atoms with Gasteiger partial charge in [0.1, 0.15) is 6.29 Å². The largest absolute Gasteiger partial charge is 0.385 e. The third kappa shape index (κ3) is 3.18. The Balaban J connectivity index is 1.87. The predicted molar refractivity (Wildman–Crippen MR) is 71.3 cm³/mol. The van der Waals surface area contributed by atoms with E-state index in [0.717, 1.165) is 50.7 Å². The molecule has 0 unspecified atom stereocenters. The summed E-state index contributed by atoms with van der Waals surface area (Å²) in [4.78, 5) is 12.6. The van der Waals surface area contributed by atoms with Crippen LogP contribution in [0.2, 0.25) is 0 Å². The molecule has 1 heterocycles. The molecule has 1 fully saturated rings. The average Bonchev–Trinajstić information content (AvgIpc) is 2.42. The number of aldehydes is 1. The van der Waals surface area contributed by atoms with E-state index in [-0.39, 0.29) is 0 Å². The van der Waals surface area contributed by atoms with Crippen molar-refractivity contribution in [3.63, 3.8) is 0 Å². The maximum absolute atomic E-state index is 10.6. The minimum Gasteiger partial charge on any atom is -0.385 e. The summed E-state index contributed by atoms with van der Waals surface area (Å²) in [7, 11) is 0. The molecule has 3 nitrogen and oxygen atoms in total. The Morgan fingerprint density at radius 3 is 2.50 bits per heavy atom. The molecule has 1 saturated heterocycles. The van der Waals surface area contributed by atoms with Crippen molar-refractivity contribution < 1.29 is 9.90 Å². The van der Waals surface area contributed by atoms with Gasteiger partial charge in [-0.2, -0.15) is 0 Å². The summed E-state index contributed by atoms with van der Waals surface area (Å²) in [6.45, 7) is 2.78. The maximum Gasteiger partial charge on any atom is 0.120 e. The lowest BCUT2D eigenvalue weighted by molar-refractivity contribution is -0.108. The Labute approximate surface area is 108 Å². The van der Waals surface area contributed by atoms with Gasteiger partial charge in [-0.05, 0) is 31.4 Å². The summed E-state index contributed by atoms with van der Waals surface area (Å²) in [5, 5.41) is 10.6. The number of benzene rings is 1. The normalized spacial score (nSPS) is 19.6. The van der Waals surface area contributed by atoms with Crippen molar-refractivity contribution in [2.24, 2.45) is 0 Å². The Hall–Kier alpha value is -1.19. The number of carbonyl (C=O) groups is 1. The Bertz CT molecular complexity index is 369. The molecule has 1 aliphatic heterocycles. The van der Waals surface area contributed by atoms with Gasteiger partial charge in [0.2, 0.25) is 0 Å². The average molecular weight is 247 g/mol. The fourth-order valence-corrected chi connectivity index (χ4v) is 2.58. The second-order valence-corrected chi connectivity index (χ2v) is 5.05. The second kappa shape index (κ2) is 6.12. The van der Waals surface area contributed by atoms with E-state index in [2.05, 4.69) is 4.90 Å². The van der Waals surface area contributed by atoms with Crippen LogP contribution in [0.1, 0.15) is 31.2 Å². The van der Waals surface area contributed by atoms with E-state index >= 15 is 0 Å². The van der Waals surface area contributed by atoms with Gasteiger partial charge in [0, 0.05) is 19.5 Å². The molecule has 0 atom stereocenters. The first-order chi connectivity index (χ1) is 8.74. The second-order valence-electron chi connectivity index (χ2n) is 5.05. The van der Waals surface area contributed by atoms with Crippen molar-refractivity contribution in [1.82, 2.24) is 4.90 Å². The summed E-state index contributed by atoms with van der Waals surface area (Å²) in [5.41, 5.74) is 0.361. The summed E-state index contributed by atoms with van der Waals surface area (Å²) in [6.07, 6.45) is 4.09. The third-order valence-corrected chi connectivity index (χ3v) is 3.79. The molecule has 1 aromatic rings. The molecule has 0 saturated carbocycles. The Kier molecular flexibility index (Phi) is 4.50. The van der Waals surface area contributed by atoms with Crippen LogP contribution in [-0.2, 0) is 10.4 Å². The van der Waals surface area contributed by atoms with Crippen molar-refractivity contribution in [1.29, 1.82) is 0 Å². The highest BCUT2D eigenvalue weighted by Crippen LogP contribution is 2.32. The monoisotopic (exact) mass is 247 g/mol. The van der Waals surface area contributed by atoms with Crippen molar-refractivity contribution in [2.75, 3.05) is 19.6 Å². The molecule has 18 heavy (non-hydrogen) atoms. The molecule has 0 amide bonds. The van der Waals surface area contributed by atoms with Crippen molar-refractivity contribution in [2.45, 2.75) is 31.3 Å². The highest BCUT2D eigenvalue weighted by Gasteiger charge is 2.33. The zero-order valence-electron chi connectivity index (χ0n) is 10.7. The van der Waals surface area contributed by atoms with Crippen molar-refractivity contribution >= 4 is 6.29 Å². The fourth-order valence-electron chi connectivity index (χ4n) is 2.58. The van der Waals surface area contributed by atoms with Gasteiger partial charge in [0.25, 0.3) is 0 Å². The standard InChI is InChI=1S/C15H21NO2/c17-13-5-4-10-16-11-8-15(18,9-12-16)14-6-2-1-3-7-14/h1-3,6-7,13,18H,4-5,8-12H2. The van der Waals surface area contributed by atoms with Gasteiger partial charge in [-0.15, -0.1) is 0 Å². The van der Waals surface area contributed by atoms with Crippen LogP contribution in [0.3, 0.4) is 0 Å². The van der Waals surface area contributed by atoms with E-state index in [0.29, 0.717) is 6.42 Å². The van der Waals surface area contributed by atoms with Gasteiger partial charge in [0.05, 0.1) is 5.60 Å². The number of rotatable bonds is 5. The van der Waals surface area contributed by atoms with Crippen LogP contribution in [-0.4, -0.2) is 35.9 Å². The van der Waals surface area contributed by atoms with Gasteiger partial charge < -0.3 is 14.8 Å². The van der Waals surface area contributed by atoms with Gasteiger partial charge in [0.15, 0.2) is 0 Å². The van der Waals surface area contributed by atoms with Crippen LogP contribution < -0.4 is 0 Å². The van der Waals surface area contributed by atoms with Crippen LogP contribution in [0.15, 0.2) is 30.3 Å². The molecule has 1 aromatic carbocycles. The summed E-state index contributed by atoms with van der Waals surface area (Å²) >= 11 is 0. The number of nitrogens with zero attached hydrogens (tertiary/aromatic N) is 1. The van der Waals surface area contributed by atoms with Crippen LogP contribution in [0.5, 0.6) is 0 Å². The molecule has 0 aliphatic carbocycles. The smallest absolute Gasteiger partial charge is 0.120 e. The van der Waals surface area contributed by atoms with E-state index in [9.17, 15) is 9.90 Å². The van der Waals surface area contributed by atoms with Gasteiger partial charge in [-0.3, -0.25) is 0 Å². The highest BCUT2D eigenvalue weighted by molar-refractivity contribution is 5.49. The zero-order valence-corrected chi connectivity index (χ0v) is 10.7. The molecule has 1 aliphatic rings. The molecule has 0 bridgehead atoms. The topological polar surface area (TPSA) is 40.5 Å². The first kappa shape index (κ1) is 13.2. The van der Waals surface area contributed by atoms with Gasteiger partial charge in [-0.1, -0.05) is 30.3 Å². The van der Waals surface area contributed by atoms with E-state index in [4.69, 9.17) is 0 Å². The minimum absolute atomic E-state index is 0.638. The molecular formula is C15H21NO2.